The summed E-state index contributed by atoms with van der Waals surface area (Å²) < 4.78 is 2.32. The lowest BCUT2D eigenvalue weighted by atomic mass is 10.2. The van der Waals surface area contributed by atoms with Crippen molar-refractivity contribution >= 4 is 0 Å². The molecule has 0 aliphatic carbocycles. The summed E-state index contributed by atoms with van der Waals surface area (Å²) in [5, 5.41) is 0. The average molecular weight is 151 g/mol. The Balaban J connectivity index is 2.32. The average Bonchev–Trinajstić information content (AvgIpc) is 2.37. The molecule has 0 radical (unpaired) electrons. The van der Waals surface area contributed by atoms with Gasteiger partial charge in [0.05, 0.1) is 0 Å². The van der Waals surface area contributed by atoms with Crippen LogP contribution < -0.4 is 0 Å². The lowest BCUT2D eigenvalue weighted by Crippen LogP contribution is -1.97. The zero-order valence-electron chi connectivity index (χ0n) is 7.51. The molecule has 1 heterocycles. The first kappa shape index (κ1) is 8.38. The zero-order valence-corrected chi connectivity index (χ0v) is 7.51. The van der Waals surface area contributed by atoms with Crippen LogP contribution in [0, 0.1) is 6.92 Å². The first-order valence-electron chi connectivity index (χ1n) is 4.46. The molecular weight excluding hydrogens is 134 g/mol. The van der Waals surface area contributed by atoms with Crippen molar-refractivity contribution in [3.63, 3.8) is 0 Å². The van der Waals surface area contributed by atoms with Gasteiger partial charge in [0.25, 0.3) is 0 Å². The first-order chi connectivity index (χ1) is 5.34. The van der Waals surface area contributed by atoms with E-state index in [4.69, 9.17) is 0 Å². The van der Waals surface area contributed by atoms with Crippen LogP contribution in [0.2, 0.25) is 0 Å². The highest BCUT2D eigenvalue weighted by Gasteiger charge is 1.92. The second-order valence-electron chi connectivity index (χ2n) is 3.05. The number of rotatable bonds is 4. The molecule has 0 amide bonds. The van der Waals surface area contributed by atoms with Gasteiger partial charge >= 0.3 is 0 Å². The van der Waals surface area contributed by atoms with Gasteiger partial charge in [-0.1, -0.05) is 19.8 Å². The highest BCUT2D eigenvalue weighted by molar-refractivity contribution is 5.03. The number of aromatic nitrogens is 1. The molecule has 0 bridgehead atoms. The Morgan fingerprint density at radius 2 is 2.18 bits per heavy atom. The van der Waals surface area contributed by atoms with E-state index >= 15 is 0 Å². The maximum absolute atomic E-state index is 2.32. The monoisotopic (exact) mass is 151 g/mol. The van der Waals surface area contributed by atoms with E-state index in [1.807, 2.05) is 0 Å². The normalized spacial score (nSPS) is 10.4. The Morgan fingerprint density at radius 1 is 1.36 bits per heavy atom. The number of unbranched alkanes of at least 4 members (excludes halogenated alkanes) is 2. The van der Waals surface area contributed by atoms with Crippen LogP contribution in [0.1, 0.15) is 31.9 Å². The molecule has 1 rings (SSSR count). The minimum absolute atomic E-state index is 1.19. The van der Waals surface area contributed by atoms with E-state index in [0.717, 1.165) is 0 Å². The van der Waals surface area contributed by atoms with E-state index in [1.165, 1.54) is 31.5 Å². The van der Waals surface area contributed by atoms with Gasteiger partial charge < -0.3 is 4.57 Å². The summed E-state index contributed by atoms with van der Waals surface area (Å²) in [7, 11) is 0. The molecule has 0 spiro atoms. The molecule has 0 N–H and O–H groups in total. The van der Waals surface area contributed by atoms with Crippen molar-refractivity contribution in [2.45, 2.75) is 39.7 Å². The SMILES string of the molecule is CCCCCn1cccc1C. The predicted molar refractivity (Wildman–Crippen MR) is 48.7 cm³/mol. The van der Waals surface area contributed by atoms with Gasteiger partial charge in [-0.05, 0) is 25.5 Å². The van der Waals surface area contributed by atoms with Gasteiger partial charge in [0, 0.05) is 18.4 Å². The molecule has 0 atom stereocenters. The van der Waals surface area contributed by atoms with E-state index in [1.54, 1.807) is 0 Å². The third-order valence-corrected chi connectivity index (χ3v) is 2.06. The van der Waals surface area contributed by atoms with Crippen LogP contribution in [0.3, 0.4) is 0 Å². The largest absolute Gasteiger partial charge is 0.352 e. The van der Waals surface area contributed by atoms with E-state index in [-0.39, 0.29) is 0 Å². The third-order valence-electron chi connectivity index (χ3n) is 2.06. The van der Waals surface area contributed by atoms with Crippen molar-refractivity contribution in [2.24, 2.45) is 0 Å². The summed E-state index contributed by atoms with van der Waals surface area (Å²) in [5.41, 5.74) is 1.38. The van der Waals surface area contributed by atoms with Gasteiger partial charge in [-0.3, -0.25) is 0 Å². The highest BCUT2D eigenvalue weighted by atomic mass is 14.9. The molecule has 0 fully saturated rings. The summed E-state index contributed by atoms with van der Waals surface area (Å²) in [4.78, 5) is 0. The Kier molecular flexibility index (Phi) is 3.21. The summed E-state index contributed by atoms with van der Waals surface area (Å²) in [5.74, 6) is 0. The molecule has 1 nitrogen and oxygen atoms in total. The second-order valence-corrected chi connectivity index (χ2v) is 3.05. The van der Waals surface area contributed by atoms with Crippen LogP contribution in [0.4, 0.5) is 0 Å². The van der Waals surface area contributed by atoms with Gasteiger partial charge in [-0.2, -0.15) is 0 Å². The molecule has 0 aliphatic heterocycles. The Hall–Kier alpha value is -0.720. The number of hydrogen-bond donors (Lipinski definition) is 0. The third kappa shape index (κ3) is 2.41. The molecule has 0 saturated carbocycles. The van der Waals surface area contributed by atoms with Gasteiger partial charge in [-0.15, -0.1) is 0 Å². The lowest BCUT2D eigenvalue weighted by Gasteiger charge is -2.03. The Labute approximate surface area is 69.0 Å². The summed E-state index contributed by atoms with van der Waals surface area (Å²) in [6, 6.07) is 4.27. The lowest BCUT2D eigenvalue weighted by molar-refractivity contribution is 0.595. The van der Waals surface area contributed by atoms with E-state index in [9.17, 15) is 0 Å². The van der Waals surface area contributed by atoms with Crippen LogP contribution in [0.25, 0.3) is 0 Å². The number of aryl methyl sites for hydroxylation is 2. The van der Waals surface area contributed by atoms with Gasteiger partial charge in [0.2, 0.25) is 0 Å². The standard InChI is InChI=1S/C10H17N/c1-3-4-5-8-11-9-6-7-10(11)2/h6-7,9H,3-5,8H2,1-2H3. The number of nitrogens with zero attached hydrogens (tertiary/aromatic N) is 1. The minimum atomic E-state index is 1.19. The molecule has 0 aromatic carbocycles. The van der Waals surface area contributed by atoms with Gasteiger partial charge in [0.1, 0.15) is 0 Å². The maximum Gasteiger partial charge on any atom is 0.0222 e. The quantitative estimate of drug-likeness (QED) is 0.583. The first-order valence-corrected chi connectivity index (χ1v) is 4.46. The fraction of sp³-hybridized carbons (Fsp3) is 0.600. The van der Waals surface area contributed by atoms with Gasteiger partial charge in [0.15, 0.2) is 0 Å². The summed E-state index contributed by atoms with van der Waals surface area (Å²) in [6.07, 6.45) is 6.12. The second kappa shape index (κ2) is 4.22. The van der Waals surface area contributed by atoms with Crippen LogP contribution in [-0.4, -0.2) is 4.57 Å². The topological polar surface area (TPSA) is 4.93 Å². The fourth-order valence-electron chi connectivity index (χ4n) is 1.28. The smallest absolute Gasteiger partial charge is 0.0222 e. The molecule has 0 unspecified atom stereocenters. The predicted octanol–water partition coefficient (Wildman–Crippen LogP) is 2.99. The van der Waals surface area contributed by atoms with Crippen molar-refractivity contribution in [1.29, 1.82) is 0 Å². The minimum Gasteiger partial charge on any atom is -0.352 e. The Morgan fingerprint density at radius 3 is 2.73 bits per heavy atom. The van der Waals surface area contributed by atoms with Crippen LogP contribution in [0.5, 0.6) is 0 Å². The molecule has 11 heavy (non-hydrogen) atoms. The van der Waals surface area contributed by atoms with Gasteiger partial charge in [-0.25, -0.2) is 0 Å². The van der Waals surface area contributed by atoms with E-state index in [0.29, 0.717) is 0 Å². The molecule has 0 aliphatic rings. The summed E-state index contributed by atoms with van der Waals surface area (Å²) in [6.45, 7) is 5.58. The molecule has 1 heteroatoms. The molecule has 1 aromatic heterocycles. The summed E-state index contributed by atoms with van der Waals surface area (Å²) >= 11 is 0. The van der Waals surface area contributed by atoms with Crippen molar-refractivity contribution < 1.29 is 0 Å². The van der Waals surface area contributed by atoms with Crippen molar-refractivity contribution in [3.05, 3.63) is 24.0 Å². The van der Waals surface area contributed by atoms with Crippen molar-refractivity contribution in [2.75, 3.05) is 0 Å². The van der Waals surface area contributed by atoms with Crippen molar-refractivity contribution in [1.82, 2.24) is 4.57 Å². The number of hydrogen-bond acceptors (Lipinski definition) is 0. The maximum atomic E-state index is 2.32. The zero-order chi connectivity index (χ0) is 8.10. The van der Waals surface area contributed by atoms with Crippen LogP contribution >= 0.6 is 0 Å². The van der Waals surface area contributed by atoms with E-state index < -0.39 is 0 Å². The molecular formula is C10H17N. The van der Waals surface area contributed by atoms with E-state index in [2.05, 4.69) is 36.7 Å². The van der Waals surface area contributed by atoms with Crippen LogP contribution in [-0.2, 0) is 6.54 Å². The fourth-order valence-corrected chi connectivity index (χ4v) is 1.28. The van der Waals surface area contributed by atoms with Crippen molar-refractivity contribution in [3.8, 4) is 0 Å². The Bertz CT molecular complexity index is 200. The molecule has 0 saturated heterocycles. The van der Waals surface area contributed by atoms with Crippen LogP contribution in [0.15, 0.2) is 18.3 Å². The highest BCUT2D eigenvalue weighted by Crippen LogP contribution is 2.03. The molecule has 62 valence electrons. The molecule has 1 aromatic rings.